The molecule has 0 heterocycles. The molecule has 0 aliphatic carbocycles. The summed E-state index contributed by atoms with van der Waals surface area (Å²) in [6.45, 7) is 4.78. The number of amides is 1. The largest absolute Gasteiger partial charge is 0.345 e. The van der Waals surface area contributed by atoms with Crippen molar-refractivity contribution >= 4 is 5.91 Å². The molecule has 1 unspecified atom stereocenters. The van der Waals surface area contributed by atoms with Crippen LogP contribution in [0.15, 0.2) is 0 Å². The second-order valence-corrected chi connectivity index (χ2v) is 3.10. The van der Waals surface area contributed by atoms with Crippen LogP contribution in [0.5, 0.6) is 0 Å². The maximum atomic E-state index is 11.4. The van der Waals surface area contributed by atoms with Gasteiger partial charge in [0, 0.05) is 13.6 Å². The van der Waals surface area contributed by atoms with Crippen molar-refractivity contribution in [1.82, 2.24) is 4.90 Å². The van der Waals surface area contributed by atoms with Crippen LogP contribution in [0.3, 0.4) is 0 Å². The number of rotatable bonds is 5. The van der Waals surface area contributed by atoms with Crippen LogP contribution in [-0.2, 0) is 4.79 Å². The van der Waals surface area contributed by atoms with E-state index in [1.54, 1.807) is 11.9 Å². The first-order valence-corrected chi connectivity index (χ1v) is 4.64. The smallest absolute Gasteiger partial charge is 0.239 e. The van der Waals surface area contributed by atoms with Crippen LogP contribution in [-0.4, -0.2) is 30.4 Å². The summed E-state index contributed by atoms with van der Waals surface area (Å²) in [6, 6.07) is -0.296. The van der Waals surface area contributed by atoms with Crippen LogP contribution in [0.25, 0.3) is 0 Å². The molecule has 0 aromatic rings. The van der Waals surface area contributed by atoms with Crippen molar-refractivity contribution in [2.45, 2.75) is 39.2 Å². The molecule has 1 amide bonds. The van der Waals surface area contributed by atoms with E-state index in [9.17, 15) is 4.79 Å². The zero-order valence-electron chi connectivity index (χ0n) is 8.34. The van der Waals surface area contributed by atoms with Crippen LogP contribution in [0.1, 0.15) is 33.1 Å². The molecule has 2 N–H and O–H groups in total. The first-order valence-electron chi connectivity index (χ1n) is 4.64. The number of carbonyl (C=O) groups excluding carboxylic acids is 1. The van der Waals surface area contributed by atoms with Gasteiger partial charge >= 0.3 is 0 Å². The van der Waals surface area contributed by atoms with Gasteiger partial charge in [-0.25, -0.2) is 0 Å². The highest BCUT2D eigenvalue weighted by atomic mass is 16.2. The molecular weight excluding hydrogens is 152 g/mol. The molecular formula is C9H20N2O. The molecule has 0 radical (unpaired) electrons. The van der Waals surface area contributed by atoms with Crippen molar-refractivity contribution in [2.75, 3.05) is 13.6 Å². The molecule has 72 valence electrons. The third-order valence-corrected chi connectivity index (χ3v) is 2.04. The molecule has 0 saturated heterocycles. The van der Waals surface area contributed by atoms with Crippen LogP contribution >= 0.6 is 0 Å². The number of nitrogens with zero attached hydrogens (tertiary/aromatic N) is 1. The van der Waals surface area contributed by atoms with Gasteiger partial charge in [-0.15, -0.1) is 0 Å². The highest BCUT2D eigenvalue weighted by Gasteiger charge is 2.15. The van der Waals surface area contributed by atoms with Crippen molar-refractivity contribution in [1.29, 1.82) is 0 Å². The maximum Gasteiger partial charge on any atom is 0.239 e. The number of hydrogen-bond acceptors (Lipinski definition) is 2. The molecule has 3 nitrogen and oxygen atoms in total. The van der Waals surface area contributed by atoms with Gasteiger partial charge in [0.05, 0.1) is 6.04 Å². The van der Waals surface area contributed by atoms with E-state index in [2.05, 4.69) is 6.92 Å². The molecule has 0 rings (SSSR count). The Morgan fingerprint density at radius 1 is 1.50 bits per heavy atom. The molecule has 0 aliphatic rings. The summed E-state index contributed by atoms with van der Waals surface area (Å²) in [7, 11) is 1.79. The van der Waals surface area contributed by atoms with Gasteiger partial charge in [0.25, 0.3) is 0 Å². The van der Waals surface area contributed by atoms with Crippen molar-refractivity contribution in [2.24, 2.45) is 5.73 Å². The molecule has 1 atom stereocenters. The molecule has 0 aliphatic heterocycles. The minimum Gasteiger partial charge on any atom is -0.345 e. The fourth-order valence-corrected chi connectivity index (χ4v) is 0.986. The lowest BCUT2D eigenvalue weighted by molar-refractivity contribution is -0.131. The predicted octanol–water partition coefficient (Wildman–Crippen LogP) is 0.982. The van der Waals surface area contributed by atoms with Crippen LogP contribution in [0.2, 0.25) is 0 Å². The highest BCUT2D eigenvalue weighted by Crippen LogP contribution is 2.00. The molecule has 0 fully saturated rings. The van der Waals surface area contributed by atoms with Crippen molar-refractivity contribution < 1.29 is 4.79 Å². The van der Waals surface area contributed by atoms with Gasteiger partial charge in [0.15, 0.2) is 0 Å². The van der Waals surface area contributed by atoms with Crippen LogP contribution in [0, 0.1) is 0 Å². The van der Waals surface area contributed by atoms with Gasteiger partial charge in [-0.1, -0.05) is 19.8 Å². The Balaban J connectivity index is 3.75. The molecule has 12 heavy (non-hydrogen) atoms. The third kappa shape index (κ3) is 3.72. The minimum absolute atomic E-state index is 0.0611. The number of carbonyl (C=O) groups is 1. The van der Waals surface area contributed by atoms with Gasteiger partial charge in [0.2, 0.25) is 5.91 Å². The van der Waals surface area contributed by atoms with E-state index in [0.717, 1.165) is 25.8 Å². The van der Waals surface area contributed by atoms with E-state index in [1.807, 2.05) is 6.92 Å². The molecule has 3 heteroatoms. The standard InChI is InChI=1S/C9H20N2O/c1-4-6-7-8(10)9(12)11(3)5-2/h8H,4-7,10H2,1-3H3. The first-order chi connectivity index (χ1) is 5.63. The van der Waals surface area contributed by atoms with Gasteiger partial charge in [-0.3, -0.25) is 4.79 Å². The summed E-state index contributed by atoms with van der Waals surface area (Å²) in [6.07, 6.45) is 2.93. The molecule has 0 bridgehead atoms. The topological polar surface area (TPSA) is 46.3 Å². The summed E-state index contributed by atoms with van der Waals surface area (Å²) in [5.74, 6) is 0.0611. The Hall–Kier alpha value is -0.570. The number of unbranched alkanes of at least 4 members (excludes halogenated alkanes) is 1. The maximum absolute atomic E-state index is 11.4. The lowest BCUT2D eigenvalue weighted by atomic mass is 10.1. The third-order valence-electron chi connectivity index (χ3n) is 2.04. The average Bonchev–Trinajstić information content (AvgIpc) is 2.11. The minimum atomic E-state index is -0.296. The zero-order valence-corrected chi connectivity index (χ0v) is 8.34. The number of nitrogens with two attached hydrogens (primary N) is 1. The van der Waals surface area contributed by atoms with E-state index in [1.165, 1.54) is 0 Å². The summed E-state index contributed by atoms with van der Waals surface area (Å²) in [5.41, 5.74) is 5.69. The SMILES string of the molecule is CCCCC(N)C(=O)N(C)CC. The summed E-state index contributed by atoms with van der Waals surface area (Å²) in [4.78, 5) is 13.0. The van der Waals surface area contributed by atoms with E-state index in [0.29, 0.717) is 0 Å². The second kappa shape index (κ2) is 6.00. The van der Waals surface area contributed by atoms with Gasteiger partial charge < -0.3 is 10.6 Å². The Bertz CT molecular complexity index is 136. The van der Waals surface area contributed by atoms with Crippen LogP contribution < -0.4 is 5.73 Å². The van der Waals surface area contributed by atoms with E-state index < -0.39 is 0 Å². The van der Waals surface area contributed by atoms with E-state index in [4.69, 9.17) is 5.73 Å². The Morgan fingerprint density at radius 2 is 2.08 bits per heavy atom. The summed E-state index contributed by atoms with van der Waals surface area (Å²) < 4.78 is 0. The fraction of sp³-hybridized carbons (Fsp3) is 0.889. The summed E-state index contributed by atoms with van der Waals surface area (Å²) >= 11 is 0. The predicted molar refractivity (Wildman–Crippen MR) is 50.8 cm³/mol. The average molecular weight is 172 g/mol. The van der Waals surface area contributed by atoms with Crippen molar-refractivity contribution in [3.63, 3.8) is 0 Å². The normalized spacial score (nSPS) is 12.7. The van der Waals surface area contributed by atoms with E-state index in [-0.39, 0.29) is 11.9 Å². The molecule has 0 aromatic carbocycles. The number of hydrogen-bond donors (Lipinski definition) is 1. The fourth-order valence-electron chi connectivity index (χ4n) is 0.986. The Kier molecular flexibility index (Phi) is 5.72. The van der Waals surface area contributed by atoms with Gasteiger partial charge in [-0.05, 0) is 13.3 Å². The summed E-state index contributed by atoms with van der Waals surface area (Å²) in [5, 5.41) is 0. The zero-order chi connectivity index (χ0) is 9.56. The molecule has 0 saturated carbocycles. The quantitative estimate of drug-likeness (QED) is 0.672. The first kappa shape index (κ1) is 11.4. The van der Waals surface area contributed by atoms with Gasteiger partial charge in [-0.2, -0.15) is 0 Å². The Morgan fingerprint density at radius 3 is 2.50 bits per heavy atom. The lowest BCUT2D eigenvalue weighted by Crippen LogP contribution is -2.41. The van der Waals surface area contributed by atoms with Crippen molar-refractivity contribution in [3.05, 3.63) is 0 Å². The lowest BCUT2D eigenvalue weighted by Gasteiger charge is -2.19. The number of likely N-dealkylation sites (N-methyl/N-ethyl adjacent to an activating group) is 1. The monoisotopic (exact) mass is 172 g/mol. The van der Waals surface area contributed by atoms with Crippen LogP contribution in [0.4, 0.5) is 0 Å². The molecule has 0 aromatic heterocycles. The van der Waals surface area contributed by atoms with Gasteiger partial charge in [0.1, 0.15) is 0 Å². The second-order valence-electron chi connectivity index (χ2n) is 3.10. The Labute approximate surface area is 74.9 Å². The molecule has 0 spiro atoms. The van der Waals surface area contributed by atoms with E-state index >= 15 is 0 Å². The highest BCUT2D eigenvalue weighted by molar-refractivity contribution is 5.81. The van der Waals surface area contributed by atoms with Crippen molar-refractivity contribution in [3.8, 4) is 0 Å².